The molecular weight excluding hydrogens is 877 g/mol. The van der Waals surface area contributed by atoms with Crippen LogP contribution in [0.5, 0.6) is 0 Å². The number of hydrogen-bond acceptors (Lipinski definition) is 6. The highest BCUT2D eigenvalue weighted by molar-refractivity contribution is 5.71. The molecule has 0 aromatic rings. The standard InChI is InChI=1S/C65H104O6/c1-4-7-10-13-16-19-22-25-28-31-32-35-38-41-44-47-50-53-56-59-65(68)71-62(60-69-63(66)57-54-51-48-45-42-39-36-33-29-26-23-20-17-14-11-8-5-2)61-70-64(67)58-55-52-49-46-43-40-37-34-30-27-24-21-18-15-12-9-6-3/h7,10,16-21,25-30,32,35-37,39-41,44,62H,4-6,8-9,11-15,22-24,31,33-34,38,42-43,45-61H2,1-3H3/b10-7-,19-16-,20-17-,21-18-,28-25-,29-26-,30-27-,35-32-,39-36-,40-37-,44-41-. The summed E-state index contributed by atoms with van der Waals surface area (Å²) in [6.07, 6.45) is 81.4. The fraction of sp³-hybridized carbons (Fsp3) is 0.615. The summed E-state index contributed by atoms with van der Waals surface area (Å²) in [4.78, 5) is 38.2. The molecule has 0 aliphatic carbocycles. The van der Waals surface area contributed by atoms with Crippen molar-refractivity contribution in [2.75, 3.05) is 13.2 Å². The molecule has 0 aliphatic heterocycles. The lowest BCUT2D eigenvalue weighted by atomic mass is 10.1. The fourth-order valence-electron chi connectivity index (χ4n) is 7.30. The average Bonchev–Trinajstić information content (AvgIpc) is 3.37. The molecular formula is C65H104O6. The largest absolute Gasteiger partial charge is 0.462 e. The van der Waals surface area contributed by atoms with Gasteiger partial charge in [0.25, 0.3) is 0 Å². The second-order valence-corrected chi connectivity index (χ2v) is 18.5. The Bertz CT molecular complexity index is 1480. The van der Waals surface area contributed by atoms with Gasteiger partial charge in [0.15, 0.2) is 6.10 Å². The lowest BCUT2D eigenvalue weighted by molar-refractivity contribution is -0.167. The van der Waals surface area contributed by atoms with Gasteiger partial charge in [-0.15, -0.1) is 0 Å². The zero-order chi connectivity index (χ0) is 51.4. The predicted octanol–water partition coefficient (Wildman–Crippen LogP) is 19.4. The molecule has 0 heterocycles. The van der Waals surface area contributed by atoms with Crippen LogP contribution in [0.2, 0.25) is 0 Å². The second kappa shape index (κ2) is 58.1. The lowest BCUT2D eigenvalue weighted by Crippen LogP contribution is -2.30. The van der Waals surface area contributed by atoms with E-state index in [4.69, 9.17) is 14.2 Å². The van der Waals surface area contributed by atoms with Gasteiger partial charge in [-0.3, -0.25) is 14.4 Å². The van der Waals surface area contributed by atoms with Gasteiger partial charge in [-0.05, 0) is 141 Å². The zero-order valence-corrected chi connectivity index (χ0v) is 45.7. The topological polar surface area (TPSA) is 78.9 Å². The Labute approximate surface area is 436 Å². The molecule has 0 radical (unpaired) electrons. The molecule has 0 rings (SSSR count). The summed E-state index contributed by atoms with van der Waals surface area (Å²) in [6.45, 7) is 6.39. The molecule has 6 nitrogen and oxygen atoms in total. The fourth-order valence-corrected chi connectivity index (χ4v) is 7.30. The summed E-state index contributed by atoms with van der Waals surface area (Å²) >= 11 is 0. The molecule has 0 fully saturated rings. The number of unbranched alkanes of at least 4 members (excludes halogenated alkanes) is 17. The van der Waals surface area contributed by atoms with Gasteiger partial charge < -0.3 is 14.2 Å². The third kappa shape index (κ3) is 56.3. The van der Waals surface area contributed by atoms with Crippen LogP contribution in [0.3, 0.4) is 0 Å². The van der Waals surface area contributed by atoms with Crippen LogP contribution in [0.15, 0.2) is 134 Å². The molecule has 71 heavy (non-hydrogen) atoms. The molecule has 0 aliphatic rings. The van der Waals surface area contributed by atoms with Gasteiger partial charge in [0.1, 0.15) is 13.2 Å². The van der Waals surface area contributed by atoms with E-state index in [1.54, 1.807) is 0 Å². The van der Waals surface area contributed by atoms with Crippen molar-refractivity contribution in [3.63, 3.8) is 0 Å². The van der Waals surface area contributed by atoms with E-state index in [0.29, 0.717) is 19.3 Å². The van der Waals surface area contributed by atoms with Crippen LogP contribution < -0.4 is 0 Å². The molecule has 0 amide bonds. The Kier molecular flexibility index (Phi) is 54.5. The minimum absolute atomic E-state index is 0.115. The number of ether oxygens (including phenoxy) is 3. The van der Waals surface area contributed by atoms with Crippen LogP contribution in [0, 0.1) is 0 Å². The van der Waals surface area contributed by atoms with Crippen molar-refractivity contribution in [3.8, 4) is 0 Å². The number of esters is 3. The smallest absolute Gasteiger partial charge is 0.306 e. The monoisotopic (exact) mass is 981 g/mol. The van der Waals surface area contributed by atoms with Crippen molar-refractivity contribution in [1.82, 2.24) is 0 Å². The minimum Gasteiger partial charge on any atom is -0.462 e. The van der Waals surface area contributed by atoms with E-state index in [9.17, 15) is 14.4 Å². The number of hydrogen-bond donors (Lipinski definition) is 0. The number of rotatable bonds is 50. The molecule has 0 aromatic carbocycles. The summed E-state index contributed by atoms with van der Waals surface area (Å²) in [5.41, 5.74) is 0. The van der Waals surface area contributed by atoms with Crippen LogP contribution in [0.4, 0.5) is 0 Å². The summed E-state index contributed by atoms with van der Waals surface area (Å²) in [5.74, 6) is -0.993. The quantitative estimate of drug-likeness (QED) is 0.0262. The third-order valence-electron chi connectivity index (χ3n) is 11.6. The van der Waals surface area contributed by atoms with Gasteiger partial charge in [0, 0.05) is 19.3 Å². The molecule has 0 aromatic heterocycles. The van der Waals surface area contributed by atoms with Gasteiger partial charge in [-0.25, -0.2) is 0 Å². The molecule has 0 atom stereocenters. The maximum absolute atomic E-state index is 12.9. The van der Waals surface area contributed by atoms with Crippen LogP contribution >= 0.6 is 0 Å². The highest BCUT2D eigenvalue weighted by atomic mass is 16.6. The summed E-state index contributed by atoms with van der Waals surface area (Å²) in [7, 11) is 0. The van der Waals surface area contributed by atoms with Crippen LogP contribution in [0.1, 0.15) is 239 Å². The van der Waals surface area contributed by atoms with Gasteiger partial charge in [-0.1, -0.05) is 212 Å². The highest BCUT2D eigenvalue weighted by Gasteiger charge is 2.19. The van der Waals surface area contributed by atoms with Gasteiger partial charge in [0.2, 0.25) is 0 Å². The van der Waals surface area contributed by atoms with Gasteiger partial charge >= 0.3 is 17.9 Å². The van der Waals surface area contributed by atoms with Crippen molar-refractivity contribution in [1.29, 1.82) is 0 Å². The van der Waals surface area contributed by atoms with Crippen molar-refractivity contribution in [2.45, 2.75) is 245 Å². The zero-order valence-electron chi connectivity index (χ0n) is 45.7. The van der Waals surface area contributed by atoms with Crippen molar-refractivity contribution >= 4 is 17.9 Å². The first-order valence-corrected chi connectivity index (χ1v) is 28.7. The van der Waals surface area contributed by atoms with E-state index in [2.05, 4.69) is 154 Å². The molecule has 0 saturated heterocycles. The SMILES string of the molecule is CC/C=C\C/C=C\C/C=C\C/C=C\C/C=C\CCCCCC(=O)OC(COC(=O)CCCCCC/C=C\C/C=C\C/C=C\CCCCC)COC(=O)CCCCCC/C=C\C/C=C\C/C=C\CCCCC. The van der Waals surface area contributed by atoms with Crippen LogP contribution in [-0.2, 0) is 28.6 Å². The first-order chi connectivity index (χ1) is 35.0. The van der Waals surface area contributed by atoms with E-state index < -0.39 is 6.10 Å². The van der Waals surface area contributed by atoms with E-state index in [1.807, 2.05) is 0 Å². The number of allylic oxidation sites excluding steroid dienone is 22. The molecule has 0 unspecified atom stereocenters. The molecule has 0 saturated carbocycles. The normalized spacial score (nSPS) is 12.7. The maximum Gasteiger partial charge on any atom is 0.306 e. The molecule has 0 spiro atoms. The Hall–Kier alpha value is -4.45. The molecule has 0 N–H and O–H groups in total. The minimum atomic E-state index is -0.820. The van der Waals surface area contributed by atoms with Crippen LogP contribution in [0.25, 0.3) is 0 Å². The first kappa shape index (κ1) is 66.6. The van der Waals surface area contributed by atoms with Gasteiger partial charge in [0.05, 0.1) is 0 Å². The van der Waals surface area contributed by atoms with Crippen molar-refractivity contribution < 1.29 is 28.6 Å². The predicted molar refractivity (Wildman–Crippen MR) is 306 cm³/mol. The number of carbonyl (C=O) groups is 3. The Morgan fingerprint density at radius 1 is 0.296 bits per heavy atom. The Morgan fingerprint density at radius 2 is 0.549 bits per heavy atom. The van der Waals surface area contributed by atoms with Gasteiger partial charge in [-0.2, -0.15) is 0 Å². The van der Waals surface area contributed by atoms with Crippen LogP contribution in [-0.4, -0.2) is 37.2 Å². The number of carbonyl (C=O) groups excluding carboxylic acids is 3. The summed E-state index contributed by atoms with van der Waals surface area (Å²) in [5, 5.41) is 0. The highest BCUT2D eigenvalue weighted by Crippen LogP contribution is 2.12. The van der Waals surface area contributed by atoms with E-state index in [-0.39, 0.29) is 37.5 Å². The molecule has 0 bridgehead atoms. The lowest BCUT2D eigenvalue weighted by Gasteiger charge is -2.18. The van der Waals surface area contributed by atoms with Crippen molar-refractivity contribution in [3.05, 3.63) is 134 Å². The van der Waals surface area contributed by atoms with E-state index >= 15 is 0 Å². The molecule has 6 heteroatoms. The average molecular weight is 982 g/mol. The third-order valence-corrected chi connectivity index (χ3v) is 11.6. The Morgan fingerprint density at radius 3 is 0.859 bits per heavy atom. The Balaban J connectivity index is 4.57. The second-order valence-electron chi connectivity index (χ2n) is 18.5. The first-order valence-electron chi connectivity index (χ1n) is 28.7. The maximum atomic E-state index is 12.9. The summed E-state index contributed by atoms with van der Waals surface area (Å²) in [6, 6.07) is 0. The van der Waals surface area contributed by atoms with E-state index in [1.165, 1.54) is 51.4 Å². The molecule has 400 valence electrons. The summed E-state index contributed by atoms with van der Waals surface area (Å²) < 4.78 is 16.8. The van der Waals surface area contributed by atoms with E-state index in [0.717, 1.165) is 141 Å². The van der Waals surface area contributed by atoms with Crippen molar-refractivity contribution in [2.24, 2.45) is 0 Å².